The molecular formula is C18H25NO2SSi. The van der Waals surface area contributed by atoms with Gasteiger partial charge in [-0.1, -0.05) is 68.1 Å². The van der Waals surface area contributed by atoms with Gasteiger partial charge in [0, 0.05) is 6.54 Å². The second-order valence-electron chi connectivity index (χ2n) is 6.33. The fourth-order valence-corrected chi connectivity index (χ4v) is 3.68. The molecule has 0 bridgehead atoms. The average Bonchev–Trinajstić information content (AvgIpc) is 2.45. The summed E-state index contributed by atoms with van der Waals surface area (Å²) in [6, 6.07) is 6.89. The lowest BCUT2D eigenvalue weighted by Crippen LogP contribution is -2.32. The number of nitrogens with zero attached hydrogens (tertiary/aromatic N) is 1. The predicted octanol–water partition coefficient (Wildman–Crippen LogP) is 3.61. The van der Waals surface area contributed by atoms with Crippen molar-refractivity contribution in [3.8, 4) is 11.5 Å². The van der Waals surface area contributed by atoms with E-state index in [0.717, 1.165) is 5.56 Å². The number of hydrogen-bond donors (Lipinski definition) is 0. The molecule has 1 aromatic rings. The van der Waals surface area contributed by atoms with Crippen molar-refractivity contribution in [2.45, 2.75) is 31.5 Å². The topological polar surface area (TPSA) is 37.4 Å². The van der Waals surface area contributed by atoms with Crippen molar-refractivity contribution in [1.29, 1.82) is 0 Å². The summed E-state index contributed by atoms with van der Waals surface area (Å²) in [4.78, 5) is 0.296. The predicted molar refractivity (Wildman–Crippen MR) is 100 cm³/mol. The highest BCUT2D eigenvalue weighted by atomic mass is 32.2. The number of benzene rings is 1. The van der Waals surface area contributed by atoms with Crippen molar-refractivity contribution >= 4 is 18.1 Å². The maximum absolute atomic E-state index is 12.8. The van der Waals surface area contributed by atoms with Crippen LogP contribution in [0.15, 0.2) is 54.0 Å². The van der Waals surface area contributed by atoms with Crippen LogP contribution in [0.25, 0.3) is 0 Å². The summed E-state index contributed by atoms with van der Waals surface area (Å²) in [5.41, 5.74) is 4.24. The Labute approximate surface area is 141 Å². The molecule has 0 unspecified atom stereocenters. The van der Waals surface area contributed by atoms with Gasteiger partial charge in [-0.25, -0.2) is 8.42 Å². The van der Waals surface area contributed by atoms with E-state index in [0.29, 0.717) is 4.90 Å². The number of allylic oxidation sites excluding steroid dienone is 2. The number of rotatable bonds is 6. The lowest BCUT2D eigenvalue weighted by atomic mass is 10.2. The lowest BCUT2D eigenvalue weighted by molar-refractivity contribution is 0.478. The molecule has 0 N–H and O–H groups in total. The third-order valence-corrected chi connectivity index (χ3v) is 5.71. The van der Waals surface area contributed by atoms with Crippen molar-refractivity contribution in [3.05, 3.63) is 54.6 Å². The summed E-state index contributed by atoms with van der Waals surface area (Å²) >= 11 is 0. The maximum atomic E-state index is 12.8. The largest absolute Gasteiger partial charge is 0.244 e. The van der Waals surface area contributed by atoms with Crippen LogP contribution in [0.3, 0.4) is 0 Å². The van der Waals surface area contributed by atoms with Gasteiger partial charge in [0.1, 0.15) is 8.07 Å². The molecule has 0 atom stereocenters. The standard InChI is InChI=1S/C18H25NO2SSi/c1-6-7-8-14-19(15-9-16-23(3,4)5)22(20,21)18-12-10-17(2)11-13-18/h6-8,10-13H,1,14-15H2,2-5H3/b8-7+. The van der Waals surface area contributed by atoms with Crippen molar-refractivity contribution in [2.24, 2.45) is 0 Å². The molecule has 0 radical (unpaired) electrons. The first kappa shape index (κ1) is 19.4. The zero-order valence-electron chi connectivity index (χ0n) is 14.3. The van der Waals surface area contributed by atoms with E-state index in [1.807, 2.05) is 6.92 Å². The fraction of sp³-hybridized carbons (Fsp3) is 0.333. The highest BCUT2D eigenvalue weighted by Gasteiger charge is 2.22. The summed E-state index contributed by atoms with van der Waals surface area (Å²) < 4.78 is 27.0. The quantitative estimate of drug-likeness (QED) is 0.448. The SMILES string of the molecule is C=C/C=C/CN(CC#C[Si](C)(C)C)S(=O)(=O)c1ccc(C)cc1. The first-order valence-electron chi connectivity index (χ1n) is 7.51. The van der Waals surface area contributed by atoms with E-state index in [-0.39, 0.29) is 13.1 Å². The summed E-state index contributed by atoms with van der Waals surface area (Å²) in [5, 5.41) is 0. The van der Waals surface area contributed by atoms with E-state index in [9.17, 15) is 8.42 Å². The van der Waals surface area contributed by atoms with Gasteiger partial charge in [-0.2, -0.15) is 4.31 Å². The van der Waals surface area contributed by atoms with Crippen LogP contribution in [0.1, 0.15) is 5.56 Å². The van der Waals surface area contributed by atoms with Crippen molar-refractivity contribution in [3.63, 3.8) is 0 Å². The first-order chi connectivity index (χ1) is 10.7. The second kappa shape index (κ2) is 8.30. The molecule has 0 aliphatic carbocycles. The van der Waals surface area contributed by atoms with Gasteiger partial charge in [-0.3, -0.25) is 0 Å². The fourth-order valence-electron chi connectivity index (χ4n) is 1.77. The Morgan fingerprint density at radius 2 is 1.83 bits per heavy atom. The van der Waals surface area contributed by atoms with Crippen LogP contribution in [0.4, 0.5) is 0 Å². The van der Waals surface area contributed by atoms with Gasteiger partial charge in [0.15, 0.2) is 0 Å². The second-order valence-corrected chi connectivity index (χ2v) is 13.0. The smallest absolute Gasteiger partial charge is 0.207 e. The van der Waals surface area contributed by atoms with Gasteiger partial charge >= 0.3 is 0 Å². The van der Waals surface area contributed by atoms with Crippen molar-refractivity contribution in [2.75, 3.05) is 13.1 Å². The van der Waals surface area contributed by atoms with Gasteiger partial charge < -0.3 is 0 Å². The minimum absolute atomic E-state index is 0.196. The molecule has 0 saturated heterocycles. The van der Waals surface area contributed by atoms with E-state index in [2.05, 4.69) is 37.7 Å². The molecule has 23 heavy (non-hydrogen) atoms. The molecule has 0 fully saturated rings. The van der Waals surface area contributed by atoms with Crippen molar-refractivity contribution in [1.82, 2.24) is 4.31 Å². The highest BCUT2D eigenvalue weighted by Crippen LogP contribution is 2.16. The Balaban J connectivity index is 3.10. The monoisotopic (exact) mass is 347 g/mol. The van der Waals surface area contributed by atoms with Crippen molar-refractivity contribution < 1.29 is 8.42 Å². The van der Waals surface area contributed by atoms with Crippen LogP contribution in [0.5, 0.6) is 0 Å². The molecular weight excluding hydrogens is 322 g/mol. The summed E-state index contributed by atoms with van der Waals surface area (Å²) in [7, 11) is -5.08. The highest BCUT2D eigenvalue weighted by molar-refractivity contribution is 7.89. The zero-order chi connectivity index (χ0) is 17.5. The molecule has 5 heteroatoms. The van der Waals surface area contributed by atoms with E-state index in [4.69, 9.17) is 0 Å². The maximum Gasteiger partial charge on any atom is 0.244 e. The molecule has 1 aromatic carbocycles. The number of sulfonamides is 1. The Morgan fingerprint density at radius 1 is 1.22 bits per heavy atom. The molecule has 0 saturated carbocycles. The van der Waals surface area contributed by atoms with Gasteiger partial charge in [-0.15, -0.1) is 5.54 Å². The van der Waals surface area contributed by atoms with E-state index < -0.39 is 18.1 Å². The minimum atomic E-state index is -3.56. The van der Waals surface area contributed by atoms with Gasteiger partial charge in [0.05, 0.1) is 11.4 Å². The van der Waals surface area contributed by atoms with Crippen LogP contribution in [-0.2, 0) is 10.0 Å². The molecule has 124 valence electrons. The van der Waals surface area contributed by atoms with Crippen LogP contribution in [0, 0.1) is 18.4 Å². The zero-order valence-corrected chi connectivity index (χ0v) is 16.2. The Bertz CT molecular complexity index is 717. The van der Waals surface area contributed by atoms with E-state index in [1.165, 1.54) is 4.31 Å². The normalized spacial score (nSPS) is 12.2. The molecule has 0 aromatic heterocycles. The molecule has 0 heterocycles. The minimum Gasteiger partial charge on any atom is -0.207 e. The first-order valence-corrected chi connectivity index (χ1v) is 12.5. The average molecular weight is 348 g/mol. The molecule has 0 aliphatic rings. The molecule has 0 spiro atoms. The Kier molecular flexibility index (Phi) is 7.01. The van der Waals surface area contributed by atoms with Gasteiger partial charge in [0.25, 0.3) is 0 Å². The van der Waals surface area contributed by atoms with Crippen LogP contribution < -0.4 is 0 Å². The van der Waals surface area contributed by atoms with Crippen LogP contribution in [-0.4, -0.2) is 33.9 Å². The van der Waals surface area contributed by atoms with Gasteiger partial charge in [0.2, 0.25) is 10.0 Å². The van der Waals surface area contributed by atoms with Gasteiger partial charge in [-0.05, 0) is 19.1 Å². The number of aryl methyl sites for hydroxylation is 1. The third-order valence-electron chi connectivity index (χ3n) is 2.96. The summed E-state index contributed by atoms with van der Waals surface area (Å²) in [6.45, 7) is 12.4. The van der Waals surface area contributed by atoms with Crippen LogP contribution in [0.2, 0.25) is 19.6 Å². The van der Waals surface area contributed by atoms with Crippen LogP contribution >= 0.6 is 0 Å². The Morgan fingerprint density at radius 3 is 2.35 bits per heavy atom. The van der Waals surface area contributed by atoms with E-state index in [1.54, 1.807) is 42.5 Å². The third kappa shape index (κ3) is 6.57. The molecule has 0 aliphatic heterocycles. The molecule has 0 amide bonds. The Hall–Kier alpha value is -1.61. The lowest BCUT2D eigenvalue weighted by Gasteiger charge is -2.18. The molecule has 3 nitrogen and oxygen atoms in total. The number of hydrogen-bond acceptors (Lipinski definition) is 2. The summed E-state index contributed by atoms with van der Waals surface area (Å²) in [5.74, 6) is 3.04. The van der Waals surface area contributed by atoms with E-state index >= 15 is 0 Å². The molecule has 1 rings (SSSR count). The summed E-state index contributed by atoms with van der Waals surface area (Å²) in [6.07, 6.45) is 5.14.